The molecular formula is C24H18N6O2. The topological polar surface area (TPSA) is 186 Å². The van der Waals surface area contributed by atoms with Crippen molar-refractivity contribution in [2.75, 3.05) is 0 Å². The molecule has 0 spiro atoms. The van der Waals surface area contributed by atoms with Gasteiger partial charge in [0.2, 0.25) is 11.8 Å². The summed E-state index contributed by atoms with van der Waals surface area (Å²) in [7, 11) is 0. The number of nitrogens with two attached hydrogens (primary N) is 4. The first kappa shape index (κ1) is 19.3. The predicted octanol–water partition coefficient (Wildman–Crippen LogP) is 2.50. The maximum atomic E-state index is 12.7. The van der Waals surface area contributed by atoms with Crippen molar-refractivity contribution >= 4 is 66.6 Å². The zero-order valence-electron chi connectivity index (χ0n) is 16.7. The van der Waals surface area contributed by atoms with E-state index in [2.05, 4.69) is 0 Å². The van der Waals surface area contributed by atoms with Crippen molar-refractivity contribution in [2.24, 2.45) is 22.9 Å². The van der Waals surface area contributed by atoms with Crippen LogP contribution in [0.3, 0.4) is 0 Å². The Labute approximate surface area is 181 Å². The summed E-state index contributed by atoms with van der Waals surface area (Å²) in [5.41, 5.74) is 23.2. The van der Waals surface area contributed by atoms with Crippen molar-refractivity contribution in [3.8, 4) is 0 Å². The number of nitrogens with one attached hydrogen (secondary N) is 2. The first-order chi connectivity index (χ1) is 15.2. The lowest BCUT2D eigenvalue weighted by atomic mass is 9.81. The van der Waals surface area contributed by atoms with Gasteiger partial charge in [-0.3, -0.25) is 20.4 Å². The molecule has 0 heterocycles. The summed E-state index contributed by atoms with van der Waals surface area (Å²) in [5.74, 6) is -2.52. The lowest BCUT2D eigenvalue weighted by molar-refractivity contribution is 0.0998. The molecule has 0 unspecified atom stereocenters. The lowest BCUT2D eigenvalue weighted by Gasteiger charge is -2.22. The van der Waals surface area contributed by atoms with Crippen molar-refractivity contribution in [3.63, 3.8) is 0 Å². The fourth-order valence-corrected chi connectivity index (χ4v) is 4.88. The van der Waals surface area contributed by atoms with Gasteiger partial charge in [-0.05, 0) is 38.4 Å². The molecule has 8 nitrogen and oxygen atoms in total. The first-order valence-corrected chi connectivity index (χ1v) is 9.71. The van der Waals surface area contributed by atoms with Gasteiger partial charge in [0.25, 0.3) is 0 Å². The molecule has 0 aliphatic carbocycles. The second kappa shape index (κ2) is 6.39. The predicted molar refractivity (Wildman–Crippen MR) is 127 cm³/mol. The average Bonchev–Trinajstić information content (AvgIpc) is 2.75. The van der Waals surface area contributed by atoms with Crippen LogP contribution in [0.25, 0.3) is 43.1 Å². The standard InChI is InChI=1S/C24H18N6O2/c25-21(26)18-16-12-6-2-4-9-3-1-5-10(14(9)12)11-7-8-13(23(29)31)17(15(11)16)20(24(30)32)19(18)22(27)28/h1-8H,(H3,25,26)(H3,27,28)(H2,29,31)(H2,30,32). The highest BCUT2D eigenvalue weighted by Gasteiger charge is 2.29. The molecule has 0 radical (unpaired) electrons. The van der Waals surface area contributed by atoms with E-state index >= 15 is 0 Å². The zero-order valence-corrected chi connectivity index (χ0v) is 16.7. The molecular weight excluding hydrogens is 404 g/mol. The Morgan fingerprint density at radius 2 is 1.16 bits per heavy atom. The van der Waals surface area contributed by atoms with E-state index < -0.39 is 17.6 Å². The summed E-state index contributed by atoms with van der Waals surface area (Å²) in [4.78, 5) is 25.0. The van der Waals surface area contributed by atoms with Crippen LogP contribution in [0, 0.1) is 10.8 Å². The molecule has 0 bridgehead atoms. The molecule has 0 aliphatic heterocycles. The van der Waals surface area contributed by atoms with Crippen LogP contribution >= 0.6 is 0 Å². The number of amides is 2. The molecule has 156 valence electrons. The largest absolute Gasteiger partial charge is 0.384 e. The number of hydrogen-bond acceptors (Lipinski definition) is 4. The van der Waals surface area contributed by atoms with Crippen molar-refractivity contribution in [1.29, 1.82) is 10.8 Å². The van der Waals surface area contributed by atoms with Gasteiger partial charge in [0, 0.05) is 27.5 Å². The van der Waals surface area contributed by atoms with E-state index in [9.17, 15) is 9.59 Å². The van der Waals surface area contributed by atoms with Gasteiger partial charge in [-0.25, -0.2) is 0 Å². The van der Waals surface area contributed by atoms with Crippen molar-refractivity contribution in [2.45, 2.75) is 0 Å². The van der Waals surface area contributed by atoms with E-state index in [0.717, 1.165) is 26.9 Å². The Morgan fingerprint density at radius 1 is 0.562 bits per heavy atom. The number of primary amides is 2. The normalized spacial score (nSPS) is 11.5. The second-order valence-corrected chi connectivity index (χ2v) is 7.68. The molecule has 0 saturated heterocycles. The molecule has 5 aromatic carbocycles. The number of benzene rings is 5. The van der Waals surface area contributed by atoms with Crippen LogP contribution in [0.15, 0.2) is 48.5 Å². The van der Waals surface area contributed by atoms with Crippen LogP contribution in [0.2, 0.25) is 0 Å². The number of amidine groups is 2. The Bertz CT molecular complexity index is 1680. The highest BCUT2D eigenvalue weighted by molar-refractivity contribution is 6.41. The van der Waals surface area contributed by atoms with Crippen LogP contribution in [0.5, 0.6) is 0 Å². The minimum atomic E-state index is -0.902. The number of carbonyl (C=O) groups excluding carboxylic acids is 2. The second-order valence-electron chi connectivity index (χ2n) is 7.68. The van der Waals surface area contributed by atoms with Crippen LogP contribution in [0.4, 0.5) is 0 Å². The zero-order chi connectivity index (χ0) is 22.9. The first-order valence-electron chi connectivity index (χ1n) is 9.71. The van der Waals surface area contributed by atoms with Gasteiger partial charge in [-0.1, -0.05) is 42.5 Å². The number of rotatable bonds is 4. The van der Waals surface area contributed by atoms with Gasteiger partial charge in [-0.15, -0.1) is 0 Å². The van der Waals surface area contributed by atoms with Gasteiger partial charge in [-0.2, -0.15) is 0 Å². The Kier molecular flexibility index (Phi) is 3.84. The molecule has 10 N–H and O–H groups in total. The average molecular weight is 422 g/mol. The molecule has 0 aliphatic rings. The molecule has 32 heavy (non-hydrogen) atoms. The molecule has 0 fully saturated rings. The molecule has 0 atom stereocenters. The molecule has 0 aromatic heterocycles. The third-order valence-electron chi connectivity index (χ3n) is 5.97. The molecule has 0 saturated carbocycles. The molecule has 5 rings (SSSR count). The van der Waals surface area contributed by atoms with E-state index in [-0.39, 0.29) is 33.5 Å². The van der Waals surface area contributed by atoms with Gasteiger partial charge in [0.15, 0.2) is 0 Å². The highest BCUT2D eigenvalue weighted by atomic mass is 16.1. The highest BCUT2D eigenvalue weighted by Crippen LogP contribution is 2.45. The summed E-state index contributed by atoms with van der Waals surface area (Å²) in [6.45, 7) is 0. The van der Waals surface area contributed by atoms with E-state index in [1.165, 1.54) is 0 Å². The minimum absolute atomic E-state index is 0.0722. The maximum absolute atomic E-state index is 12.7. The number of carbonyl (C=O) groups is 2. The van der Waals surface area contributed by atoms with Gasteiger partial charge in [0.1, 0.15) is 11.7 Å². The fraction of sp³-hybridized carbons (Fsp3) is 0. The van der Waals surface area contributed by atoms with E-state index in [0.29, 0.717) is 10.8 Å². The summed E-state index contributed by atoms with van der Waals surface area (Å²) >= 11 is 0. The summed E-state index contributed by atoms with van der Waals surface area (Å²) in [5, 5.41) is 22.0. The van der Waals surface area contributed by atoms with Crippen molar-refractivity contribution in [3.05, 3.63) is 70.8 Å². The van der Waals surface area contributed by atoms with Gasteiger partial charge in [0.05, 0.1) is 5.56 Å². The summed E-state index contributed by atoms with van der Waals surface area (Å²) in [6, 6.07) is 14.9. The van der Waals surface area contributed by atoms with E-state index in [1.807, 2.05) is 36.4 Å². The molecule has 8 heteroatoms. The minimum Gasteiger partial charge on any atom is -0.384 e. The smallest absolute Gasteiger partial charge is 0.250 e. The van der Waals surface area contributed by atoms with Crippen molar-refractivity contribution < 1.29 is 9.59 Å². The maximum Gasteiger partial charge on any atom is 0.250 e. The fourth-order valence-electron chi connectivity index (χ4n) is 4.88. The Balaban J connectivity index is 2.33. The number of hydrogen-bond donors (Lipinski definition) is 6. The molecule has 5 aromatic rings. The van der Waals surface area contributed by atoms with Crippen LogP contribution in [-0.2, 0) is 0 Å². The van der Waals surface area contributed by atoms with Crippen LogP contribution < -0.4 is 22.9 Å². The monoisotopic (exact) mass is 422 g/mol. The Hall–Kier alpha value is -4.72. The van der Waals surface area contributed by atoms with Crippen LogP contribution in [-0.4, -0.2) is 23.5 Å². The number of fused-ring (bicyclic) bond motifs is 2. The van der Waals surface area contributed by atoms with E-state index in [4.69, 9.17) is 33.8 Å². The van der Waals surface area contributed by atoms with Gasteiger partial charge >= 0.3 is 0 Å². The SMILES string of the molecule is N=C(N)c1c(C(N)=O)c2c(C(N)=O)ccc3c4cccc5cccc(c(c1C(=N)N)c23)c54. The quantitative estimate of drug-likeness (QED) is 0.112. The third kappa shape index (κ3) is 2.31. The summed E-state index contributed by atoms with van der Waals surface area (Å²) in [6.07, 6.45) is 0. The van der Waals surface area contributed by atoms with Crippen LogP contribution in [0.1, 0.15) is 31.8 Å². The molecule has 2 amide bonds. The lowest BCUT2D eigenvalue weighted by Crippen LogP contribution is -2.28. The van der Waals surface area contributed by atoms with E-state index in [1.54, 1.807) is 12.1 Å². The number of nitrogen functional groups attached to an aromatic ring is 2. The Morgan fingerprint density at radius 3 is 1.72 bits per heavy atom. The van der Waals surface area contributed by atoms with Crippen molar-refractivity contribution in [1.82, 2.24) is 0 Å². The summed E-state index contributed by atoms with van der Waals surface area (Å²) < 4.78 is 0. The van der Waals surface area contributed by atoms with Gasteiger partial charge < -0.3 is 22.9 Å². The third-order valence-corrected chi connectivity index (χ3v) is 5.97.